The molecular formula is C13H11Br2NO2S2. The zero-order valence-corrected chi connectivity index (χ0v) is 15.2. The van der Waals surface area contributed by atoms with Gasteiger partial charge in [-0.15, -0.1) is 11.8 Å². The largest absolute Gasteiger partial charge is 0.280 e. The highest BCUT2D eigenvalue weighted by Crippen LogP contribution is 2.27. The van der Waals surface area contributed by atoms with Crippen LogP contribution in [0.5, 0.6) is 0 Å². The van der Waals surface area contributed by atoms with Gasteiger partial charge in [-0.1, -0.05) is 15.9 Å². The quantitative estimate of drug-likeness (QED) is 0.704. The number of hydrogen-bond donors (Lipinski definition) is 1. The minimum atomic E-state index is -3.60. The van der Waals surface area contributed by atoms with Crippen LogP contribution < -0.4 is 4.72 Å². The van der Waals surface area contributed by atoms with Gasteiger partial charge >= 0.3 is 0 Å². The van der Waals surface area contributed by atoms with Crippen LogP contribution in [0.2, 0.25) is 0 Å². The fraction of sp³-hybridized carbons (Fsp3) is 0.0769. The first-order valence-electron chi connectivity index (χ1n) is 5.54. The molecule has 0 radical (unpaired) electrons. The summed E-state index contributed by atoms with van der Waals surface area (Å²) in [6, 6.07) is 12.2. The molecule has 3 nitrogen and oxygen atoms in total. The molecule has 0 atom stereocenters. The molecule has 0 aromatic heterocycles. The molecule has 7 heteroatoms. The Morgan fingerprint density at radius 1 is 1.05 bits per heavy atom. The van der Waals surface area contributed by atoms with Crippen LogP contribution >= 0.6 is 43.6 Å². The van der Waals surface area contributed by atoms with Crippen LogP contribution in [-0.4, -0.2) is 14.7 Å². The van der Waals surface area contributed by atoms with E-state index in [1.807, 2.05) is 18.4 Å². The van der Waals surface area contributed by atoms with Crippen molar-refractivity contribution in [1.29, 1.82) is 0 Å². The lowest BCUT2D eigenvalue weighted by molar-refractivity contribution is 0.600. The Kier molecular flexibility index (Phi) is 5.17. The third-order valence-electron chi connectivity index (χ3n) is 2.53. The van der Waals surface area contributed by atoms with Crippen molar-refractivity contribution < 1.29 is 8.42 Å². The van der Waals surface area contributed by atoms with Crippen molar-refractivity contribution >= 4 is 59.3 Å². The van der Waals surface area contributed by atoms with E-state index in [2.05, 4.69) is 36.6 Å². The highest BCUT2D eigenvalue weighted by Gasteiger charge is 2.17. The highest BCUT2D eigenvalue weighted by molar-refractivity contribution is 9.11. The number of nitrogens with one attached hydrogen (secondary N) is 1. The van der Waals surface area contributed by atoms with Gasteiger partial charge in [0.25, 0.3) is 10.0 Å². The standard InChI is InChI=1S/C13H11Br2NO2S2/c1-19-11-5-3-10(4-6-11)16-20(17,18)13-7-2-9(14)8-12(13)15/h2-8,16H,1H3. The van der Waals surface area contributed by atoms with Crippen molar-refractivity contribution in [2.75, 3.05) is 11.0 Å². The molecule has 1 N–H and O–H groups in total. The monoisotopic (exact) mass is 435 g/mol. The second-order valence-electron chi connectivity index (χ2n) is 3.91. The van der Waals surface area contributed by atoms with Crippen molar-refractivity contribution in [2.24, 2.45) is 0 Å². The number of benzene rings is 2. The van der Waals surface area contributed by atoms with Crippen molar-refractivity contribution in [3.63, 3.8) is 0 Å². The van der Waals surface area contributed by atoms with Gasteiger partial charge in [0, 0.05) is 19.5 Å². The molecule has 20 heavy (non-hydrogen) atoms. The third kappa shape index (κ3) is 3.78. The first-order valence-corrected chi connectivity index (χ1v) is 9.84. The molecule has 0 unspecified atom stereocenters. The van der Waals surface area contributed by atoms with Crippen molar-refractivity contribution in [2.45, 2.75) is 9.79 Å². The maximum absolute atomic E-state index is 12.3. The smallest absolute Gasteiger partial charge is 0.263 e. The van der Waals surface area contributed by atoms with Crippen LogP contribution in [0, 0.1) is 0 Å². The molecule has 2 rings (SSSR count). The van der Waals surface area contributed by atoms with Gasteiger partial charge in [0.1, 0.15) is 4.90 Å². The fourth-order valence-corrected chi connectivity index (χ4v) is 4.78. The number of rotatable bonds is 4. The third-order valence-corrected chi connectivity index (χ3v) is 6.12. The predicted molar refractivity (Wildman–Crippen MR) is 90.9 cm³/mol. The van der Waals surface area contributed by atoms with Crippen LogP contribution in [0.25, 0.3) is 0 Å². The zero-order valence-electron chi connectivity index (χ0n) is 10.4. The van der Waals surface area contributed by atoms with Crippen LogP contribution in [0.1, 0.15) is 0 Å². The first kappa shape index (κ1) is 15.9. The van der Waals surface area contributed by atoms with Gasteiger partial charge in [0.05, 0.1) is 0 Å². The molecule has 0 fully saturated rings. The Morgan fingerprint density at radius 2 is 1.70 bits per heavy atom. The van der Waals surface area contributed by atoms with Gasteiger partial charge < -0.3 is 0 Å². The van der Waals surface area contributed by atoms with E-state index < -0.39 is 10.0 Å². The van der Waals surface area contributed by atoms with Crippen LogP contribution in [0.4, 0.5) is 5.69 Å². The Morgan fingerprint density at radius 3 is 2.25 bits per heavy atom. The molecule has 0 saturated heterocycles. The van der Waals surface area contributed by atoms with E-state index in [4.69, 9.17) is 0 Å². The van der Waals surface area contributed by atoms with Crippen LogP contribution in [0.3, 0.4) is 0 Å². The maximum atomic E-state index is 12.3. The summed E-state index contributed by atoms with van der Waals surface area (Å²) in [5.41, 5.74) is 0.539. The summed E-state index contributed by atoms with van der Waals surface area (Å²) in [7, 11) is -3.60. The number of hydrogen-bond acceptors (Lipinski definition) is 3. The average Bonchev–Trinajstić information content (AvgIpc) is 2.38. The van der Waals surface area contributed by atoms with Crippen molar-refractivity contribution in [1.82, 2.24) is 0 Å². The molecule has 0 aliphatic heterocycles. The van der Waals surface area contributed by atoms with Gasteiger partial charge in [-0.05, 0) is 64.7 Å². The molecule has 0 bridgehead atoms. The second-order valence-corrected chi connectivity index (χ2v) is 8.21. The first-order chi connectivity index (χ1) is 9.42. The summed E-state index contributed by atoms with van der Waals surface area (Å²) in [4.78, 5) is 1.28. The number of anilines is 1. The Hall–Kier alpha value is -0.500. The van der Waals surface area contributed by atoms with E-state index >= 15 is 0 Å². The minimum Gasteiger partial charge on any atom is -0.280 e. The summed E-state index contributed by atoms with van der Waals surface area (Å²) >= 11 is 8.17. The van der Waals surface area contributed by atoms with Gasteiger partial charge in [-0.25, -0.2) is 8.42 Å². The SMILES string of the molecule is CSc1ccc(NS(=O)(=O)c2ccc(Br)cc2Br)cc1. The molecule has 0 aliphatic carbocycles. The topological polar surface area (TPSA) is 46.2 Å². The highest BCUT2D eigenvalue weighted by atomic mass is 79.9. The van der Waals surface area contributed by atoms with E-state index in [1.54, 1.807) is 42.1 Å². The lowest BCUT2D eigenvalue weighted by Crippen LogP contribution is -2.13. The lowest BCUT2D eigenvalue weighted by atomic mass is 10.3. The minimum absolute atomic E-state index is 0.203. The molecular weight excluding hydrogens is 426 g/mol. The van der Waals surface area contributed by atoms with Gasteiger partial charge in [-0.3, -0.25) is 4.72 Å². The molecule has 2 aromatic rings. The molecule has 0 aliphatic rings. The van der Waals surface area contributed by atoms with Gasteiger partial charge in [0.15, 0.2) is 0 Å². The summed E-state index contributed by atoms with van der Waals surface area (Å²) in [6.07, 6.45) is 1.97. The van der Waals surface area contributed by atoms with E-state index in [0.717, 1.165) is 9.37 Å². The van der Waals surface area contributed by atoms with Crippen molar-refractivity contribution in [3.8, 4) is 0 Å². The Bertz CT molecular complexity index is 716. The zero-order chi connectivity index (χ0) is 14.8. The number of sulfonamides is 1. The van der Waals surface area contributed by atoms with Crippen molar-refractivity contribution in [3.05, 3.63) is 51.4 Å². The molecule has 0 spiro atoms. The second kappa shape index (κ2) is 6.51. The number of halogens is 2. The maximum Gasteiger partial charge on any atom is 0.263 e. The number of thioether (sulfide) groups is 1. The molecule has 0 amide bonds. The Labute approximate surface area is 139 Å². The van der Waals surface area contributed by atoms with E-state index in [0.29, 0.717) is 10.2 Å². The van der Waals surface area contributed by atoms with E-state index in [9.17, 15) is 8.42 Å². The summed E-state index contributed by atoms with van der Waals surface area (Å²) in [5, 5.41) is 0. The normalized spacial score (nSPS) is 11.3. The van der Waals surface area contributed by atoms with E-state index in [1.165, 1.54) is 0 Å². The molecule has 106 valence electrons. The summed E-state index contributed by atoms with van der Waals surface area (Å²) in [6.45, 7) is 0. The fourth-order valence-electron chi connectivity index (χ4n) is 1.56. The molecule has 0 saturated carbocycles. The predicted octanol–water partition coefficient (Wildman–Crippen LogP) is 4.73. The summed E-state index contributed by atoms with van der Waals surface area (Å²) in [5.74, 6) is 0. The Balaban J connectivity index is 2.30. The van der Waals surface area contributed by atoms with Gasteiger partial charge in [-0.2, -0.15) is 0 Å². The summed E-state index contributed by atoms with van der Waals surface area (Å²) < 4.78 is 28.5. The van der Waals surface area contributed by atoms with E-state index in [-0.39, 0.29) is 4.90 Å². The lowest BCUT2D eigenvalue weighted by Gasteiger charge is -2.10. The van der Waals surface area contributed by atoms with Crippen LogP contribution in [-0.2, 0) is 10.0 Å². The average molecular weight is 437 g/mol. The molecule has 2 aromatic carbocycles. The molecule has 0 heterocycles. The van der Waals surface area contributed by atoms with Crippen LogP contribution in [0.15, 0.2) is 61.2 Å². The van der Waals surface area contributed by atoms with Gasteiger partial charge in [0.2, 0.25) is 0 Å².